The van der Waals surface area contributed by atoms with E-state index in [4.69, 9.17) is 10.5 Å². The molecule has 0 heterocycles. The van der Waals surface area contributed by atoms with Gasteiger partial charge in [-0.3, -0.25) is 0 Å². The van der Waals surface area contributed by atoms with Crippen LogP contribution in [-0.4, -0.2) is 15.6 Å². The fraction of sp³-hybridized carbons (Fsp3) is 0.778. The molecule has 0 unspecified atom stereocenters. The first-order chi connectivity index (χ1) is 6.24. The monoisotopic (exact) mass is 214 g/mol. The zero-order chi connectivity index (χ0) is 10.2. The molecule has 2 nitrogen and oxygen atoms in total. The second-order valence-electron chi connectivity index (χ2n) is 2.39. The molecular weight excluding hydrogens is 200 g/mol. The summed E-state index contributed by atoms with van der Waals surface area (Å²) < 4.78 is -0.390. The molecule has 0 radical (unpaired) electrons. The highest BCUT2D eigenvalue weighted by Gasteiger charge is 2.29. The Morgan fingerprint density at radius 2 is 1.69 bits per heavy atom. The van der Waals surface area contributed by atoms with Crippen LogP contribution in [0.4, 0.5) is 0 Å². The van der Waals surface area contributed by atoms with Gasteiger partial charge in [-0.15, -0.1) is 23.5 Å². The van der Waals surface area contributed by atoms with Crippen LogP contribution in [0.25, 0.3) is 0 Å². The molecule has 13 heavy (non-hydrogen) atoms. The summed E-state index contributed by atoms with van der Waals surface area (Å²) in [6.45, 7) is 4.08. The van der Waals surface area contributed by atoms with Gasteiger partial charge in [-0.1, -0.05) is 13.8 Å². The van der Waals surface area contributed by atoms with Crippen molar-refractivity contribution in [1.82, 2.24) is 0 Å². The fourth-order valence-corrected chi connectivity index (χ4v) is 3.59. The lowest BCUT2D eigenvalue weighted by Gasteiger charge is -2.22. The second-order valence-corrected chi connectivity index (χ2v) is 5.77. The summed E-state index contributed by atoms with van der Waals surface area (Å²) >= 11 is 3.28. The maximum atomic E-state index is 9.06. The lowest BCUT2D eigenvalue weighted by molar-refractivity contribution is 0.856. The standard InChI is InChI=1S/C9H14N2S2/c1-3-12-9(8-11,13-4-2)6-5-7-10/h3-6H2,1-2H3. The molecule has 0 aromatic heterocycles. The molecule has 0 aliphatic rings. The van der Waals surface area contributed by atoms with Crippen molar-refractivity contribution in [3.63, 3.8) is 0 Å². The second kappa shape index (κ2) is 7.12. The van der Waals surface area contributed by atoms with Crippen LogP contribution in [0.15, 0.2) is 0 Å². The average Bonchev–Trinajstić information content (AvgIpc) is 2.15. The largest absolute Gasteiger partial charge is 0.198 e. The van der Waals surface area contributed by atoms with E-state index in [2.05, 4.69) is 12.1 Å². The van der Waals surface area contributed by atoms with E-state index in [1.807, 2.05) is 13.8 Å². The van der Waals surface area contributed by atoms with Crippen LogP contribution in [0.2, 0.25) is 0 Å². The van der Waals surface area contributed by atoms with E-state index in [-0.39, 0.29) is 4.08 Å². The SMILES string of the molecule is CCSC(C#N)(CCC#N)SCC. The van der Waals surface area contributed by atoms with Gasteiger partial charge in [0, 0.05) is 6.42 Å². The van der Waals surface area contributed by atoms with Crippen LogP contribution in [-0.2, 0) is 0 Å². The number of thioether (sulfide) groups is 2. The van der Waals surface area contributed by atoms with Gasteiger partial charge in [0.1, 0.15) is 4.08 Å². The van der Waals surface area contributed by atoms with E-state index in [0.29, 0.717) is 12.8 Å². The number of nitriles is 2. The predicted octanol–water partition coefficient (Wildman–Crippen LogP) is 3.02. The highest BCUT2D eigenvalue weighted by atomic mass is 32.2. The van der Waals surface area contributed by atoms with E-state index < -0.39 is 0 Å². The third kappa shape index (κ3) is 4.45. The van der Waals surface area contributed by atoms with Gasteiger partial charge in [0.25, 0.3) is 0 Å². The quantitative estimate of drug-likeness (QED) is 0.638. The van der Waals surface area contributed by atoms with Gasteiger partial charge in [0.2, 0.25) is 0 Å². The highest BCUT2D eigenvalue weighted by molar-refractivity contribution is 8.18. The molecule has 0 aromatic carbocycles. The van der Waals surface area contributed by atoms with Gasteiger partial charge in [0.05, 0.1) is 12.1 Å². The third-order valence-electron chi connectivity index (χ3n) is 1.49. The van der Waals surface area contributed by atoms with Gasteiger partial charge < -0.3 is 0 Å². The van der Waals surface area contributed by atoms with Gasteiger partial charge in [-0.25, -0.2) is 0 Å². The number of hydrogen-bond acceptors (Lipinski definition) is 4. The molecule has 0 bridgehead atoms. The van der Waals surface area contributed by atoms with Crippen molar-refractivity contribution in [1.29, 1.82) is 10.5 Å². The minimum absolute atomic E-state index is 0.390. The molecule has 0 N–H and O–H groups in total. The highest BCUT2D eigenvalue weighted by Crippen LogP contribution is 2.40. The van der Waals surface area contributed by atoms with E-state index in [1.165, 1.54) is 0 Å². The first-order valence-electron chi connectivity index (χ1n) is 4.30. The molecule has 0 amide bonds. The molecule has 0 fully saturated rings. The molecule has 72 valence electrons. The Morgan fingerprint density at radius 1 is 1.15 bits per heavy atom. The molecule has 0 atom stereocenters. The van der Waals surface area contributed by atoms with Crippen LogP contribution in [0.1, 0.15) is 26.7 Å². The Bertz CT molecular complexity index is 209. The Kier molecular flexibility index (Phi) is 6.94. The lowest BCUT2D eigenvalue weighted by Crippen LogP contribution is -2.18. The maximum absolute atomic E-state index is 9.06. The molecule has 0 saturated carbocycles. The van der Waals surface area contributed by atoms with Crippen LogP contribution in [0.5, 0.6) is 0 Å². The van der Waals surface area contributed by atoms with Crippen LogP contribution < -0.4 is 0 Å². The molecule has 0 spiro atoms. The minimum atomic E-state index is -0.390. The van der Waals surface area contributed by atoms with Crippen molar-refractivity contribution < 1.29 is 0 Å². The van der Waals surface area contributed by atoms with Crippen molar-refractivity contribution in [2.75, 3.05) is 11.5 Å². The summed E-state index contributed by atoms with van der Waals surface area (Å²) in [5.74, 6) is 1.85. The van der Waals surface area contributed by atoms with Crippen molar-refractivity contribution in [2.45, 2.75) is 30.8 Å². The summed E-state index contributed by atoms with van der Waals surface area (Å²) in [4.78, 5) is 0. The Balaban J connectivity index is 4.29. The van der Waals surface area contributed by atoms with Crippen LogP contribution >= 0.6 is 23.5 Å². The molecule has 0 rings (SSSR count). The Morgan fingerprint density at radius 3 is 2.00 bits per heavy atom. The molecule has 4 heteroatoms. The van der Waals surface area contributed by atoms with Crippen LogP contribution in [0, 0.1) is 22.7 Å². The molecule has 0 aliphatic carbocycles. The van der Waals surface area contributed by atoms with Gasteiger partial charge in [0.15, 0.2) is 0 Å². The first kappa shape index (κ1) is 12.7. The molecule has 0 aromatic rings. The molecular formula is C9H14N2S2. The van der Waals surface area contributed by atoms with E-state index in [0.717, 1.165) is 11.5 Å². The third-order valence-corrected chi connectivity index (χ3v) is 4.30. The summed E-state index contributed by atoms with van der Waals surface area (Å²) in [5, 5.41) is 17.5. The van der Waals surface area contributed by atoms with Crippen molar-refractivity contribution in [3.8, 4) is 12.1 Å². The van der Waals surface area contributed by atoms with Gasteiger partial charge >= 0.3 is 0 Å². The van der Waals surface area contributed by atoms with E-state index >= 15 is 0 Å². The average molecular weight is 214 g/mol. The Labute approximate surface area is 88.7 Å². The van der Waals surface area contributed by atoms with E-state index in [9.17, 15) is 0 Å². The zero-order valence-electron chi connectivity index (χ0n) is 8.04. The van der Waals surface area contributed by atoms with E-state index in [1.54, 1.807) is 23.5 Å². The summed E-state index contributed by atoms with van der Waals surface area (Å²) in [5.41, 5.74) is 0. The van der Waals surface area contributed by atoms with Crippen molar-refractivity contribution >= 4 is 23.5 Å². The van der Waals surface area contributed by atoms with Gasteiger partial charge in [-0.2, -0.15) is 10.5 Å². The zero-order valence-corrected chi connectivity index (χ0v) is 9.67. The topological polar surface area (TPSA) is 47.6 Å². The fourth-order valence-electron chi connectivity index (χ4n) is 0.993. The molecule has 0 aliphatic heterocycles. The Hall–Kier alpha value is -0.320. The number of rotatable bonds is 6. The van der Waals surface area contributed by atoms with Gasteiger partial charge in [-0.05, 0) is 17.9 Å². The minimum Gasteiger partial charge on any atom is -0.198 e. The van der Waals surface area contributed by atoms with Crippen LogP contribution in [0.3, 0.4) is 0 Å². The normalized spacial score (nSPS) is 10.5. The first-order valence-corrected chi connectivity index (χ1v) is 6.28. The lowest BCUT2D eigenvalue weighted by atomic mass is 10.2. The smallest absolute Gasteiger partial charge is 0.149 e. The van der Waals surface area contributed by atoms with Crippen molar-refractivity contribution in [2.24, 2.45) is 0 Å². The maximum Gasteiger partial charge on any atom is 0.149 e. The summed E-state index contributed by atoms with van der Waals surface area (Å²) in [6, 6.07) is 4.42. The predicted molar refractivity (Wildman–Crippen MR) is 59.5 cm³/mol. The number of nitrogens with zero attached hydrogens (tertiary/aromatic N) is 2. The number of hydrogen-bond donors (Lipinski definition) is 0. The van der Waals surface area contributed by atoms with Crippen molar-refractivity contribution in [3.05, 3.63) is 0 Å². The summed E-state index contributed by atoms with van der Waals surface area (Å²) in [6.07, 6.45) is 1.13. The molecule has 0 saturated heterocycles. The summed E-state index contributed by atoms with van der Waals surface area (Å²) in [7, 11) is 0.